The van der Waals surface area contributed by atoms with Crippen molar-refractivity contribution in [1.29, 1.82) is 0 Å². The molecule has 3 unspecified atom stereocenters. The highest BCUT2D eigenvalue weighted by molar-refractivity contribution is 5.71. The van der Waals surface area contributed by atoms with Gasteiger partial charge in [-0.2, -0.15) is 0 Å². The maximum atomic E-state index is 11.4. The number of hydrogen-bond donors (Lipinski definition) is 1. The summed E-state index contributed by atoms with van der Waals surface area (Å²) in [6.07, 6.45) is 3.29. The molecule has 2 aliphatic rings. The summed E-state index contributed by atoms with van der Waals surface area (Å²) < 4.78 is 5.74. The SMILES string of the molecule is CC1CCC(C(=O)O)C(N2C[C@@H](C)O[C@@H](C)C2)C1. The van der Waals surface area contributed by atoms with Gasteiger partial charge in [-0.3, -0.25) is 9.69 Å². The molecule has 0 aromatic rings. The molecular weight excluding hydrogens is 230 g/mol. The van der Waals surface area contributed by atoms with E-state index in [1.54, 1.807) is 0 Å². The van der Waals surface area contributed by atoms with Gasteiger partial charge in [0, 0.05) is 19.1 Å². The average Bonchev–Trinajstić information content (AvgIpc) is 2.27. The minimum atomic E-state index is -0.626. The minimum Gasteiger partial charge on any atom is -0.481 e. The lowest BCUT2D eigenvalue weighted by Gasteiger charge is -2.45. The Hall–Kier alpha value is -0.610. The van der Waals surface area contributed by atoms with Crippen molar-refractivity contribution in [3.05, 3.63) is 0 Å². The zero-order valence-corrected chi connectivity index (χ0v) is 11.6. The first kappa shape index (κ1) is 13.8. The summed E-state index contributed by atoms with van der Waals surface area (Å²) in [6, 6.07) is 0.194. The number of morpholine rings is 1. The summed E-state index contributed by atoms with van der Waals surface area (Å²) in [4.78, 5) is 13.8. The van der Waals surface area contributed by atoms with Gasteiger partial charge >= 0.3 is 5.97 Å². The van der Waals surface area contributed by atoms with E-state index in [4.69, 9.17) is 4.74 Å². The van der Waals surface area contributed by atoms with E-state index >= 15 is 0 Å². The molecule has 5 atom stereocenters. The Morgan fingerprint density at radius 2 is 1.78 bits per heavy atom. The van der Waals surface area contributed by atoms with Gasteiger partial charge in [0.1, 0.15) is 0 Å². The number of carboxylic acids is 1. The van der Waals surface area contributed by atoms with Crippen LogP contribution in [-0.4, -0.2) is 47.3 Å². The number of carbonyl (C=O) groups is 1. The third-order valence-corrected chi connectivity index (χ3v) is 4.31. The van der Waals surface area contributed by atoms with Gasteiger partial charge in [0.15, 0.2) is 0 Å². The Bertz CT molecular complexity index is 297. The van der Waals surface area contributed by atoms with Crippen molar-refractivity contribution in [1.82, 2.24) is 4.90 Å². The molecule has 4 nitrogen and oxygen atoms in total. The second kappa shape index (κ2) is 5.57. The second-order valence-corrected chi connectivity index (χ2v) is 6.14. The van der Waals surface area contributed by atoms with E-state index in [1.807, 2.05) is 0 Å². The zero-order valence-electron chi connectivity index (χ0n) is 11.6. The molecule has 1 aliphatic heterocycles. The summed E-state index contributed by atoms with van der Waals surface area (Å²) in [7, 11) is 0. The maximum absolute atomic E-state index is 11.4. The highest BCUT2D eigenvalue weighted by Gasteiger charge is 2.39. The van der Waals surface area contributed by atoms with Crippen LogP contribution in [0.25, 0.3) is 0 Å². The van der Waals surface area contributed by atoms with Gasteiger partial charge in [-0.1, -0.05) is 6.92 Å². The summed E-state index contributed by atoms with van der Waals surface area (Å²) in [5.74, 6) is -0.184. The van der Waals surface area contributed by atoms with Crippen LogP contribution in [0.5, 0.6) is 0 Å². The monoisotopic (exact) mass is 255 g/mol. The Balaban J connectivity index is 2.09. The number of aliphatic carboxylic acids is 1. The molecule has 4 heteroatoms. The van der Waals surface area contributed by atoms with Crippen LogP contribution in [0, 0.1) is 11.8 Å². The molecule has 0 aromatic carbocycles. The lowest BCUT2D eigenvalue weighted by molar-refractivity contribution is -0.150. The van der Waals surface area contributed by atoms with Crippen molar-refractivity contribution in [3.8, 4) is 0 Å². The molecule has 104 valence electrons. The molecule has 1 saturated heterocycles. The van der Waals surface area contributed by atoms with E-state index in [9.17, 15) is 9.90 Å². The lowest BCUT2D eigenvalue weighted by atomic mass is 9.78. The summed E-state index contributed by atoms with van der Waals surface area (Å²) in [5.41, 5.74) is 0. The van der Waals surface area contributed by atoms with E-state index in [1.165, 1.54) is 0 Å². The highest BCUT2D eigenvalue weighted by Crippen LogP contribution is 2.33. The molecule has 2 rings (SSSR count). The number of rotatable bonds is 2. The molecule has 2 fully saturated rings. The molecule has 0 spiro atoms. The molecule has 1 heterocycles. The van der Waals surface area contributed by atoms with E-state index < -0.39 is 5.97 Å². The van der Waals surface area contributed by atoms with Gasteiger partial charge in [0.2, 0.25) is 0 Å². The fourth-order valence-corrected chi connectivity index (χ4v) is 3.53. The first-order valence-corrected chi connectivity index (χ1v) is 7.09. The van der Waals surface area contributed by atoms with E-state index in [0.29, 0.717) is 5.92 Å². The third-order valence-electron chi connectivity index (χ3n) is 4.31. The van der Waals surface area contributed by atoms with Crippen molar-refractivity contribution in [2.24, 2.45) is 11.8 Å². The molecule has 1 N–H and O–H groups in total. The van der Waals surface area contributed by atoms with Crippen molar-refractivity contribution >= 4 is 5.97 Å². The predicted octanol–water partition coefficient (Wildman–Crippen LogP) is 1.98. The van der Waals surface area contributed by atoms with Gasteiger partial charge < -0.3 is 9.84 Å². The molecule has 1 saturated carbocycles. The molecule has 0 radical (unpaired) electrons. The maximum Gasteiger partial charge on any atom is 0.308 e. The van der Waals surface area contributed by atoms with Crippen LogP contribution in [0.2, 0.25) is 0 Å². The van der Waals surface area contributed by atoms with Crippen LogP contribution >= 0.6 is 0 Å². The van der Waals surface area contributed by atoms with Crippen LogP contribution in [-0.2, 0) is 9.53 Å². The fourth-order valence-electron chi connectivity index (χ4n) is 3.53. The van der Waals surface area contributed by atoms with Gasteiger partial charge in [0.25, 0.3) is 0 Å². The second-order valence-electron chi connectivity index (χ2n) is 6.14. The fraction of sp³-hybridized carbons (Fsp3) is 0.929. The third kappa shape index (κ3) is 3.04. The normalized spacial score (nSPS) is 42.7. The van der Waals surface area contributed by atoms with Gasteiger partial charge in [-0.25, -0.2) is 0 Å². The van der Waals surface area contributed by atoms with Crippen LogP contribution in [0.1, 0.15) is 40.0 Å². The highest BCUT2D eigenvalue weighted by atomic mass is 16.5. The zero-order chi connectivity index (χ0) is 13.3. The van der Waals surface area contributed by atoms with Crippen LogP contribution < -0.4 is 0 Å². The van der Waals surface area contributed by atoms with E-state index in [0.717, 1.165) is 32.4 Å². The van der Waals surface area contributed by atoms with Crippen LogP contribution in [0.4, 0.5) is 0 Å². The minimum absolute atomic E-state index is 0.194. The first-order valence-electron chi connectivity index (χ1n) is 7.09. The molecule has 1 aliphatic carbocycles. The molecule has 0 amide bonds. The van der Waals surface area contributed by atoms with Crippen molar-refractivity contribution in [3.63, 3.8) is 0 Å². The van der Waals surface area contributed by atoms with Gasteiger partial charge in [-0.15, -0.1) is 0 Å². The van der Waals surface area contributed by atoms with Crippen molar-refractivity contribution in [2.75, 3.05) is 13.1 Å². The largest absolute Gasteiger partial charge is 0.481 e. The van der Waals surface area contributed by atoms with Crippen LogP contribution in [0.3, 0.4) is 0 Å². The van der Waals surface area contributed by atoms with E-state index in [2.05, 4.69) is 25.7 Å². The topological polar surface area (TPSA) is 49.8 Å². The first-order chi connectivity index (χ1) is 8.47. The van der Waals surface area contributed by atoms with E-state index in [-0.39, 0.29) is 24.2 Å². The standard InChI is InChI=1S/C14H25NO3/c1-9-4-5-12(14(16)17)13(6-9)15-7-10(2)18-11(3)8-15/h9-13H,4-8H2,1-3H3,(H,16,17)/t9?,10-,11+,12?,13?. The number of nitrogens with zero attached hydrogens (tertiary/aromatic N) is 1. The number of hydrogen-bond acceptors (Lipinski definition) is 3. The Labute approximate surface area is 109 Å². The molecule has 0 bridgehead atoms. The molecule has 0 aromatic heterocycles. The summed E-state index contributed by atoms with van der Waals surface area (Å²) >= 11 is 0. The lowest BCUT2D eigenvalue weighted by Crippen LogP contribution is -2.55. The molecule has 18 heavy (non-hydrogen) atoms. The number of ether oxygens (including phenoxy) is 1. The Morgan fingerprint density at radius 3 is 2.33 bits per heavy atom. The van der Waals surface area contributed by atoms with Crippen LogP contribution in [0.15, 0.2) is 0 Å². The number of carboxylic acid groups (broad SMARTS) is 1. The predicted molar refractivity (Wildman–Crippen MR) is 69.5 cm³/mol. The molecular formula is C14H25NO3. The van der Waals surface area contributed by atoms with Gasteiger partial charge in [0.05, 0.1) is 18.1 Å². The Kier molecular flexibility index (Phi) is 4.28. The quantitative estimate of drug-likeness (QED) is 0.820. The van der Waals surface area contributed by atoms with Gasteiger partial charge in [-0.05, 0) is 39.0 Å². The summed E-state index contributed by atoms with van der Waals surface area (Å²) in [5, 5.41) is 9.40. The van der Waals surface area contributed by atoms with Crippen molar-refractivity contribution < 1.29 is 14.6 Å². The summed E-state index contributed by atoms with van der Waals surface area (Å²) in [6.45, 7) is 8.12. The Morgan fingerprint density at radius 1 is 1.17 bits per heavy atom. The smallest absolute Gasteiger partial charge is 0.308 e. The average molecular weight is 255 g/mol. The van der Waals surface area contributed by atoms with Crippen molar-refractivity contribution in [2.45, 2.75) is 58.3 Å².